The van der Waals surface area contributed by atoms with Gasteiger partial charge in [-0.05, 0) is 50.8 Å². The number of nitrogens with two attached hydrogens (primary N) is 2. The predicted molar refractivity (Wildman–Crippen MR) is 139 cm³/mol. The van der Waals surface area contributed by atoms with Crippen molar-refractivity contribution in [2.75, 3.05) is 6.54 Å². The molecule has 38 heavy (non-hydrogen) atoms. The number of carboxylic acids is 2. The number of para-hydroxylation sites is 1. The first-order chi connectivity index (χ1) is 18.0. The van der Waals surface area contributed by atoms with Gasteiger partial charge in [0, 0.05) is 29.9 Å². The number of H-pyrrole nitrogens is 1. The Morgan fingerprint density at radius 3 is 2.26 bits per heavy atom. The molecule has 4 unspecified atom stereocenters. The van der Waals surface area contributed by atoms with Gasteiger partial charge in [-0.15, -0.1) is 0 Å². The van der Waals surface area contributed by atoms with E-state index in [1.54, 1.807) is 6.20 Å². The minimum absolute atomic E-state index is 0.0231. The number of rotatable bonds is 16. The number of unbranched alkanes of at least 4 members (excludes halogenated alkanes) is 1. The summed E-state index contributed by atoms with van der Waals surface area (Å²) >= 11 is 0. The molecule has 0 aliphatic carbocycles. The van der Waals surface area contributed by atoms with Crippen LogP contribution in [0.3, 0.4) is 0 Å². The van der Waals surface area contributed by atoms with E-state index in [1.165, 1.54) is 6.92 Å². The van der Waals surface area contributed by atoms with Gasteiger partial charge in [-0.2, -0.15) is 0 Å². The number of carbonyl (C=O) groups excluding carboxylic acids is 3. The van der Waals surface area contributed by atoms with Crippen molar-refractivity contribution < 1.29 is 34.2 Å². The Kier molecular flexibility index (Phi) is 11.7. The number of amides is 3. The van der Waals surface area contributed by atoms with E-state index in [0.717, 1.165) is 10.9 Å². The van der Waals surface area contributed by atoms with Crippen molar-refractivity contribution in [2.24, 2.45) is 11.5 Å². The molecule has 0 saturated carbocycles. The molecule has 10 N–H and O–H groups in total. The molecule has 13 nitrogen and oxygen atoms in total. The standard InChI is InChI=1S/C25H36N6O7/c1-14(29-23(35)17(27)9-10-21(32)33)22(34)30-19(8-4-5-11-26)24(36)31-20(25(37)38)12-15-13-28-18-7-3-2-6-16(15)18/h2-3,6-7,13-14,17,19-20,28H,4-5,8-12,26-27H2,1H3,(H,29,35)(H,30,34)(H,31,36)(H,32,33)(H,37,38). The van der Waals surface area contributed by atoms with Crippen molar-refractivity contribution in [1.82, 2.24) is 20.9 Å². The second-order valence-electron chi connectivity index (χ2n) is 9.08. The zero-order chi connectivity index (χ0) is 28.2. The maximum atomic E-state index is 13.1. The molecule has 2 rings (SSSR count). The number of aromatic nitrogens is 1. The lowest BCUT2D eigenvalue weighted by molar-refractivity contribution is -0.142. The van der Waals surface area contributed by atoms with E-state index in [0.29, 0.717) is 24.9 Å². The minimum Gasteiger partial charge on any atom is -0.481 e. The van der Waals surface area contributed by atoms with Crippen LogP contribution in [0.25, 0.3) is 10.9 Å². The van der Waals surface area contributed by atoms with Crippen LogP contribution in [0.4, 0.5) is 0 Å². The third-order valence-electron chi connectivity index (χ3n) is 6.05. The number of carbonyl (C=O) groups is 5. The van der Waals surface area contributed by atoms with E-state index in [2.05, 4.69) is 20.9 Å². The molecule has 208 valence electrons. The Morgan fingerprint density at radius 2 is 1.61 bits per heavy atom. The van der Waals surface area contributed by atoms with Crippen molar-refractivity contribution in [3.63, 3.8) is 0 Å². The quantitative estimate of drug-likeness (QED) is 0.131. The van der Waals surface area contributed by atoms with E-state index in [-0.39, 0.29) is 25.7 Å². The van der Waals surface area contributed by atoms with Gasteiger partial charge in [0.1, 0.15) is 18.1 Å². The van der Waals surface area contributed by atoms with Crippen LogP contribution in [0.1, 0.15) is 44.6 Å². The third-order valence-corrected chi connectivity index (χ3v) is 6.05. The average Bonchev–Trinajstić information content (AvgIpc) is 3.28. The summed E-state index contributed by atoms with van der Waals surface area (Å²) in [6.45, 7) is 1.77. The molecule has 13 heteroatoms. The number of aromatic amines is 1. The summed E-state index contributed by atoms with van der Waals surface area (Å²) in [5.41, 5.74) is 12.8. The molecule has 1 heterocycles. The molecular weight excluding hydrogens is 496 g/mol. The van der Waals surface area contributed by atoms with Gasteiger partial charge in [0.25, 0.3) is 0 Å². The van der Waals surface area contributed by atoms with Crippen LogP contribution < -0.4 is 27.4 Å². The van der Waals surface area contributed by atoms with Crippen molar-refractivity contribution in [1.29, 1.82) is 0 Å². The maximum absolute atomic E-state index is 13.1. The molecule has 0 radical (unpaired) electrons. The topological polar surface area (TPSA) is 230 Å². The molecule has 0 aliphatic rings. The van der Waals surface area contributed by atoms with Gasteiger partial charge in [0.15, 0.2) is 0 Å². The highest BCUT2D eigenvalue weighted by Crippen LogP contribution is 2.19. The van der Waals surface area contributed by atoms with E-state index in [4.69, 9.17) is 16.6 Å². The normalized spacial score (nSPS) is 14.2. The molecule has 0 aliphatic heterocycles. The lowest BCUT2D eigenvalue weighted by Gasteiger charge is -2.24. The molecular formula is C25H36N6O7. The fourth-order valence-corrected chi connectivity index (χ4v) is 3.85. The Morgan fingerprint density at radius 1 is 0.921 bits per heavy atom. The van der Waals surface area contributed by atoms with Gasteiger partial charge in [-0.25, -0.2) is 4.79 Å². The minimum atomic E-state index is -1.25. The second-order valence-corrected chi connectivity index (χ2v) is 9.08. The van der Waals surface area contributed by atoms with Crippen molar-refractivity contribution >= 4 is 40.6 Å². The van der Waals surface area contributed by atoms with Crippen molar-refractivity contribution in [2.45, 2.75) is 69.6 Å². The van der Waals surface area contributed by atoms with E-state index in [1.807, 2.05) is 24.3 Å². The van der Waals surface area contributed by atoms with Gasteiger partial charge >= 0.3 is 11.9 Å². The number of nitrogens with one attached hydrogen (secondary N) is 4. The second kappa shape index (κ2) is 14.7. The molecule has 2 aromatic rings. The summed E-state index contributed by atoms with van der Waals surface area (Å²) in [6, 6.07) is 2.86. The number of benzene rings is 1. The monoisotopic (exact) mass is 532 g/mol. The zero-order valence-electron chi connectivity index (χ0n) is 21.2. The van der Waals surface area contributed by atoms with Gasteiger partial charge in [-0.1, -0.05) is 18.2 Å². The van der Waals surface area contributed by atoms with Gasteiger partial charge in [0.2, 0.25) is 17.7 Å². The molecule has 0 bridgehead atoms. The van der Waals surface area contributed by atoms with Crippen molar-refractivity contribution in [3.8, 4) is 0 Å². The molecule has 0 saturated heterocycles. The number of hydrogen-bond acceptors (Lipinski definition) is 7. The Hall–Kier alpha value is -3.97. The van der Waals surface area contributed by atoms with E-state index in [9.17, 15) is 29.1 Å². The molecule has 0 spiro atoms. The van der Waals surface area contributed by atoms with Crippen LogP contribution in [-0.2, 0) is 30.4 Å². The number of fused-ring (bicyclic) bond motifs is 1. The largest absolute Gasteiger partial charge is 0.481 e. The number of carboxylic acid groups (broad SMARTS) is 2. The number of hydrogen-bond donors (Lipinski definition) is 8. The first-order valence-electron chi connectivity index (χ1n) is 12.4. The van der Waals surface area contributed by atoms with Crippen LogP contribution in [0.15, 0.2) is 30.5 Å². The fraction of sp³-hybridized carbons (Fsp3) is 0.480. The highest BCUT2D eigenvalue weighted by Gasteiger charge is 2.29. The first-order valence-corrected chi connectivity index (χ1v) is 12.4. The highest BCUT2D eigenvalue weighted by atomic mass is 16.4. The first kappa shape index (κ1) is 30.3. The summed E-state index contributed by atoms with van der Waals surface area (Å²) in [5.74, 6) is -4.40. The third kappa shape index (κ3) is 9.16. The maximum Gasteiger partial charge on any atom is 0.326 e. The molecule has 3 amide bonds. The average molecular weight is 533 g/mol. The Bertz CT molecular complexity index is 1130. The van der Waals surface area contributed by atoms with Crippen molar-refractivity contribution in [3.05, 3.63) is 36.0 Å². The lowest BCUT2D eigenvalue weighted by atomic mass is 10.0. The van der Waals surface area contributed by atoms with Crippen LogP contribution >= 0.6 is 0 Å². The zero-order valence-corrected chi connectivity index (χ0v) is 21.2. The van der Waals surface area contributed by atoms with E-state index >= 15 is 0 Å². The smallest absolute Gasteiger partial charge is 0.326 e. The summed E-state index contributed by atoms with van der Waals surface area (Å²) < 4.78 is 0. The van der Waals surface area contributed by atoms with Gasteiger partial charge < -0.3 is 42.6 Å². The predicted octanol–water partition coefficient (Wildman–Crippen LogP) is -0.410. The van der Waals surface area contributed by atoms with E-state index < -0.39 is 53.8 Å². The highest BCUT2D eigenvalue weighted by molar-refractivity contribution is 5.94. The SMILES string of the molecule is CC(NC(=O)C(N)CCC(=O)O)C(=O)NC(CCCCN)C(=O)NC(Cc1c[nH]c2ccccc12)C(=O)O. The van der Waals surface area contributed by atoms with Crippen LogP contribution in [0, 0.1) is 0 Å². The molecule has 1 aromatic heterocycles. The molecule has 0 fully saturated rings. The number of aliphatic carboxylic acids is 2. The van der Waals surface area contributed by atoms with Crippen LogP contribution in [0.5, 0.6) is 0 Å². The summed E-state index contributed by atoms with van der Waals surface area (Å²) in [6.07, 6.45) is 2.59. The lowest BCUT2D eigenvalue weighted by Crippen LogP contribution is -2.56. The van der Waals surface area contributed by atoms with Gasteiger partial charge in [0.05, 0.1) is 6.04 Å². The summed E-state index contributed by atoms with van der Waals surface area (Å²) in [5, 5.41) is 26.8. The molecule has 4 atom stereocenters. The Balaban J connectivity index is 2.06. The van der Waals surface area contributed by atoms with Gasteiger partial charge in [-0.3, -0.25) is 19.2 Å². The molecule has 1 aromatic carbocycles. The Labute approximate surface area is 219 Å². The summed E-state index contributed by atoms with van der Waals surface area (Å²) in [7, 11) is 0. The van der Waals surface area contributed by atoms with Crippen LogP contribution in [0.2, 0.25) is 0 Å². The van der Waals surface area contributed by atoms with Crippen LogP contribution in [-0.4, -0.2) is 75.6 Å². The summed E-state index contributed by atoms with van der Waals surface area (Å²) in [4.78, 5) is 63.8. The fourth-order valence-electron chi connectivity index (χ4n) is 3.85.